The summed E-state index contributed by atoms with van der Waals surface area (Å²) in [7, 11) is 0. The molecule has 0 fully saturated rings. The third-order valence-electron chi connectivity index (χ3n) is 2.94. The summed E-state index contributed by atoms with van der Waals surface area (Å²) in [6.45, 7) is 2.94. The molecule has 6 heteroatoms. The van der Waals surface area contributed by atoms with E-state index >= 15 is 0 Å². The molecule has 0 aliphatic heterocycles. The highest BCUT2D eigenvalue weighted by Gasteiger charge is 2.15. The maximum atomic E-state index is 13.5. The first kappa shape index (κ1) is 16.4. The topological polar surface area (TPSA) is 58.6 Å². The second kappa shape index (κ2) is 7.79. The van der Waals surface area contributed by atoms with Crippen LogP contribution in [-0.2, 0) is 11.4 Å². The largest absolute Gasteiger partial charge is 0.478 e. The number of carbonyl (C=O) groups is 1. The van der Waals surface area contributed by atoms with Gasteiger partial charge in [-0.25, -0.2) is 8.78 Å². The summed E-state index contributed by atoms with van der Waals surface area (Å²) in [5, 5.41) is 11.5. The Bertz CT molecular complexity index is 439. The molecule has 0 aliphatic carbocycles. The Kier molecular flexibility index (Phi) is 6.38. The number of benzene rings is 1. The van der Waals surface area contributed by atoms with Gasteiger partial charge in [-0.1, -0.05) is 13.8 Å². The fourth-order valence-electron chi connectivity index (χ4n) is 1.74. The highest BCUT2D eigenvalue weighted by atomic mass is 19.1. The summed E-state index contributed by atoms with van der Waals surface area (Å²) in [5.74, 6) is -2.92. The fourth-order valence-corrected chi connectivity index (χ4v) is 1.74. The molecule has 1 aromatic rings. The molecule has 0 bridgehead atoms. The van der Waals surface area contributed by atoms with Gasteiger partial charge in [-0.05, 0) is 30.5 Å². The highest BCUT2D eigenvalue weighted by Crippen LogP contribution is 2.23. The van der Waals surface area contributed by atoms with Crippen LogP contribution in [0.2, 0.25) is 0 Å². The second-order valence-corrected chi connectivity index (χ2v) is 4.42. The fraction of sp³-hybridized carbons (Fsp3) is 0.500. The van der Waals surface area contributed by atoms with Crippen molar-refractivity contribution in [2.45, 2.75) is 39.3 Å². The van der Waals surface area contributed by atoms with Gasteiger partial charge >= 0.3 is 0 Å². The molecule has 0 aliphatic rings. The number of carbonyl (C=O) groups excluding carboxylic acids is 1. The van der Waals surface area contributed by atoms with Crippen molar-refractivity contribution >= 4 is 5.91 Å². The number of aliphatic hydroxyl groups is 1. The minimum absolute atomic E-state index is 0.0255. The molecule has 0 spiro atoms. The molecule has 0 aromatic heterocycles. The predicted molar refractivity (Wildman–Crippen MR) is 70.3 cm³/mol. The van der Waals surface area contributed by atoms with E-state index in [4.69, 9.17) is 9.84 Å². The first-order valence-electron chi connectivity index (χ1n) is 6.52. The smallest absolute Gasteiger partial charge is 0.258 e. The lowest BCUT2D eigenvalue weighted by Gasteiger charge is -2.15. The van der Waals surface area contributed by atoms with E-state index < -0.39 is 36.5 Å². The molecule has 0 saturated heterocycles. The van der Waals surface area contributed by atoms with Crippen LogP contribution in [-0.4, -0.2) is 23.7 Å². The Hall–Kier alpha value is -1.69. The molecule has 0 heterocycles. The molecule has 0 unspecified atom stereocenters. The van der Waals surface area contributed by atoms with Gasteiger partial charge in [0.2, 0.25) is 0 Å². The molecular formula is C14H19F2NO3. The molecule has 0 atom stereocenters. The molecule has 0 saturated carbocycles. The predicted octanol–water partition coefficient (Wildman–Crippen LogP) is 2.14. The molecular weight excluding hydrogens is 268 g/mol. The van der Waals surface area contributed by atoms with E-state index in [9.17, 15) is 13.6 Å². The summed E-state index contributed by atoms with van der Waals surface area (Å²) in [6.07, 6.45) is 1.55. The van der Waals surface area contributed by atoms with Gasteiger partial charge in [0.05, 0.1) is 6.61 Å². The van der Waals surface area contributed by atoms with Crippen molar-refractivity contribution in [1.29, 1.82) is 0 Å². The zero-order chi connectivity index (χ0) is 15.1. The summed E-state index contributed by atoms with van der Waals surface area (Å²) in [4.78, 5) is 11.6. The van der Waals surface area contributed by atoms with Gasteiger partial charge in [-0.2, -0.15) is 0 Å². The van der Waals surface area contributed by atoms with Crippen LogP contribution in [0.3, 0.4) is 0 Å². The standard InChI is InChI=1S/C14H19F2NO3/c1-3-10(4-2)17-13(19)8-20-14-11(15)5-9(7-18)6-12(14)16/h5-6,10,18H,3-4,7-8H2,1-2H3,(H,17,19). The van der Waals surface area contributed by atoms with Gasteiger partial charge in [-0.15, -0.1) is 0 Å². The van der Waals surface area contributed by atoms with Gasteiger partial charge in [0.1, 0.15) is 0 Å². The van der Waals surface area contributed by atoms with E-state index in [0.717, 1.165) is 25.0 Å². The van der Waals surface area contributed by atoms with Crippen LogP contribution in [0, 0.1) is 11.6 Å². The zero-order valence-corrected chi connectivity index (χ0v) is 11.6. The van der Waals surface area contributed by atoms with Crippen LogP contribution in [0.5, 0.6) is 5.75 Å². The maximum Gasteiger partial charge on any atom is 0.258 e. The maximum absolute atomic E-state index is 13.5. The van der Waals surface area contributed by atoms with Crippen molar-refractivity contribution < 1.29 is 23.4 Å². The number of hydrogen-bond donors (Lipinski definition) is 2. The van der Waals surface area contributed by atoms with Gasteiger partial charge in [0.15, 0.2) is 24.0 Å². The van der Waals surface area contributed by atoms with Crippen molar-refractivity contribution in [2.24, 2.45) is 0 Å². The molecule has 2 N–H and O–H groups in total. The van der Waals surface area contributed by atoms with Gasteiger partial charge in [-0.3, -0.25) is 4.79 Å². The van der Waals surface area contributed by atoms with Crippen LogP contribution in [0.1, 0.15) is 32.3 Å². The Morgan fingerprint density at radius 2 is 1.85 bits per heavy atom. The number of halogens is 2. The Labute approximate surface area is 116 Å². The van der Waals surface area contributed by atoms with Crippen molar-refractivity contribution in [3.8, 4) is 5.75 Å². The highest BCUT2D eigenvalue weighted by molar-refractivity contribution is 5.77. The van der Waals surface area contributed by atoms with E-state index in [1.54, 1.807) is 0 Å². The monoisotopic (exact) mass is 287 g/mol. The van der Waals surface area contributed by atoms with E-state index in [2.05, 4.69) is 5.32 Å². The first-order chi connectivity index (χ1) is 9.51. The molecule has 1 aromatic carbocycles. The number of amides is 1. The summed E-state index contributed by atoms with van der Waals surface area (Å²) >= 11 is 0. The van der Waals surface area contributed by atoms with Crippen molar-refractivity contribution in [1.82, 2.24) is 5.32 Å². The molecule has 20 heavy (non-hydrogen) atoms. The van der Waals surface area contributed by atoms with Crippen LogP contribution >= 0.6 is 0 Å². The average Bonchev–Trinajstić information content (AvgIpc) is 2.43. The average molecular weight is 287 g/mol. The molecule has 1 rings (SSSR count). The zero-order valence-electron chi connectivity index (χ0n) is 11.6. The van der Waals surface area contributed by atoms with Crippen molar-refractivity contribution in [3.63, 3.8) is 0 Å². The van der Waals surface area contributed by atoms with Gasteiger partial charge < -0.3 is 15.2 Å². The number of aliphatic hydroxyl groups excluding tert-OH is 1. The lowest BCUT2D eigenvalue weighted by atomic mass is 10.2. The summed E-state index contributed by atoms with van der Waals surface area (Å²) < 4.78 is 31.9. The lowest BCUT2D eigenvalue weighted by Crippen LogP contribution is -2.37. The van der Waals surface area contributed by atoms with Crippen LogP contribution < -0.4 is 10.1 Å². The second-order valence-electron chi connectivity index (χ2n) is 4.42. The van der Waals surface area contributed by atoms with E-state index in [1.807, 2.05) is 13.8 Å². The van der Waals surface area contributed by atoms with Gasteiger partial charge in [0, 0.05) is 6.04 Å². The normalized spacial score (nSPS) is 10.7. The molecule has 1 amide bonds. The SMILES string of the molecule is CCC(CC)NC(=O)COc1c(F)cc(CO)cc1F. The van der Waals surface area contributed by atoms with Crippen molar-refractivity contribution in [2.75, 3.05) is 6.61 Å². The van der Waals surface area contributed by atoms with E-state index in [-0.39, 0.29) is 11.6 Å². The van der Waals surface area contributed by atoms with E-state index in [1.165, 1.54) is 0 Å². The number of rotatable bonds is 7. The number of ether oxygens (including phenoxy) is 1. The van der Waals surface area contributed by atoms with Crippen LogP contribution in [0.25, 0.3) is 0 Å². The molecule has 112 valence electrons. The van der Waals surface area contributed by atoms with Crippen LogP contribution in [0.4, 0.5) is 8.78 Å². The minimum atomic E-state index is -0.940. The van der Waals surface area contributed by atoms with Gasteiger partial charge in [0.25, 0.3) is 5.91 Å². The summed E-state index contributed by atoms with van der Waals surface area (Å²) in [6, 6.07) is 1.96. The lowest BCUT2D eigenvalue weighted by molar-refractivity contribution is -0.123. The molecule has 4 nitrogen and oxygen atoms in total. The Morgan fingerprint density at radius 3 is 2.30 bits per heavy atom. The third kappa shape index (κ3) is 4.45. The Morgan fingerprint density at radius 1 is 1.30 bits per heavy atom. The number of nitrogens with one attached hydrogen (secondary N) is 1. The number of hydrogen-bond acceptors (Lipinski definition) is 3. The van der Waals surface area contributed by atoms with Crippen LogP contribution in [0.15, 0.2) is 12.1 Å². The quantitative estimate of drug-likeness (QED) is 0.808. The van der Waals surface area contributed by atoms with Crippen molar-refractivity contribution in [3.05, 3.63) is 29.3 Å². The first-order valence-corrected chi connectivity index (χ1v) is 6.52. The molecule has 0 radical (unpaired) electrons. The minimum Gasteiger partial charge on any atom is -0.478 e. The third-order valence-corrected chi connectivity index (χ3v) is 2.94. The summed E-state index contributed by atoms with van der Waals surface area (Å²) in [5.41, 5.74) is 0.105. The Balaban J connectivity index is 2.64. The van der Waals surface area contributed by atoms with E-state index in [0.29, 0.717) is 0 Å².